The topological polar surface area (TPSA) is 38.3 Å². The van der Waals surface area contributed by atoms with E-state index in [2.05, 4.69) is 17.4 Å². The number of para-hydroxylation sites is 1. The van der Waals surface area contributed by atoms with Crippen molar-refractivity contribution < 1.29 is 9.53 Å². The molecule has 3 nitrogen and oxygen atoms in total. The van der Waals surface area contributed by atoms with E-state index < -0.39 is 0 Å². The quantitative estimate of drug-likeness (QED) is 0.668. The number of amides is 1. The minimum Gasteiger partial charge on any atom is -0.493 e. The maximum absolute atomic E-state index is 12.9. The van der Waals surface area contributed by atoms with Gasteiger partial charge in [0.15, 0.2) is 0 Å². The summed E-state index contributed by atoms with van der Waals surface area (Å²) in [4.78, 5) is 12.9. The molecule has 0 saturated carbocycles. The summed E-state index contributed by atoms with van der Waals surface area (Å²) in [5.41, 5.74) is 2.82. The van der Waals surface area contributed by atoms with Gasteiger partial charge in [0.25, 0.3) is 5.91 Å². The number of rotatable bonds is 7. The van der Waals surface area contributed by atoms with Gasteiger partial charge in [-0.2, -0.15) is 0 Å². The van der Waals surface area contributed by atoms with Crippen LogP contribution in [0, 0.1) is 0 Å². The van der Waals surface area contributed by atoms with Crippen LogP contribution in [0.4, 0.5) is 0 Å². The summed E-state index contributed by atoms with van der Waals surface area (Å²) in [6, 6.07) is 27.5. The summed E-state index contributed by atoms with van der Waals surface area (Å²) in [7, 11) is 0. The lowest BCUT2D eigenvalue weighted by Gasteiger charge is -2.20. The largest absolute Gasteiger partial charge is 0.493 e. The molecule has 1 atom stereocenters. The second kappa shape index (κ2) is 8.86. The number of carbonyl (C=O) groups is 1. The Kier molecular flexibility index (Phi) is 6.05. The van der Waals surface area contributed by atoms with E-state index in [0.717, 1.165) is 12.0 Å². The Morgan fingerprint density at radius 1 is 0.885 bits per heavy atom. The van der Waals surface area contributed by atoms with Crippen molar-refractivity contribution in [3.63, 3.8) is 0 Å². The molecule has 3 aromatic rings. The molecule has 3 heteroatoms. The van der Waals surface area contributed by atoms with Crippen molar-refractivity contribution in [2.75, 3.05) is 6.61 Å². The first-order valence-corrected chi connectivity index (χ1v) is 8.89. The van der Waals surface area contributed by atoms with Crippen molar-refractivity contribution >= 4 is 5.91 Å². The molecule has 0 bridgehead atoms. The summed E-state index contributed by atoms with van der Waals surface area (Å²) in [5.74, 6) is 0.484. The van der Waals surface area contributed by atoms with Crippen LogP contribution < -0.4 is 10.1 Å². The molecule has 0 spiro atoms. The molecule has 0 heterocycles. The normalized spacial score (nSPS) is 11.6. The SMILES string of the molecule is CCOc1ccccc1C(=O)NC(Cc1ccccc1)c1ccccc1. The lowest BCUT2D eigenvalue weighted by Crippen LogP contribution is -2.30. The van der Waals surface area contributed by atoms with Gasteiger partial charge in [0.05, 0.1) is 18.2 Å². The highest BCUT2D eigenvalue weighted by Crippen LogP contribution is 2.22. The lowest BCUT2D eigenvalue weighted by molar-refractivity contribution is 0.0932. The third kappa shape index (κ3) is 4.51. The molecule has 0 aliphatic rings. The Morgan fingerprint density at radius 2 is 1.50 bits per heavy atom. The van der Waals surface area contributed by atoms with E-state index in [9.17, 15) is 4.79 Å². The van der Waals surface area contributed by atoms with Gasteiger partial charge in [-0.3, -0.25) is 4.79 Å². The average Bonchev–Trinajstić information content (AvgIpc) is 2.69. The highest BCUT2D eigenvalue weighted by molar-refractivity contribution is 5.97. The molecule has 0 radical (unpaired) electrons. The van der Waals surface area contributed by atoms with Crippen molar-refractivity contribution in [2.45, 2.75) is 19.4 Å². The number of carbonyl (C=O) groups excluding carboxylic acids is 1. The first-order valence-electron chi connectivity index (χ1n) is 8.89. The predicted octanol–water partition coefficient (Wildman–Crippen LogP) is 4.80. The number of hydrogen-bond donors (Lipinski definition) is 1. The van der Waals surface area contributed by atoms with Crippen LogP contribution in [-0.2, 0) is 6.42 Å². The summed E-state index contributed by atoms with van der Waals surface area (Å²) < 4.78 is 5.60. The van der Waals surface area contributed by atoms with Crippen LogP contribution in [0.2, 0.25) is 0 Å². The third-order valence-electron chi connectivity index (χ3n) is 4.22. The van der Waals surface area contributed by atoms with E-state index in [1.165, 1.54) is 5.56 Å². The van der Waals surface area contributed by atoms with Gasteiger partial charge in [0.1, 0.15) is 5.75 Å². The smallest absolute Gasteiger partial charge is 0.255 e. The van der Waals surface area contributed by atoms with Crippen LogP contribution in [0.1, 0.15) is 34.5 Å². The average molecular weight is 345 g/mol. The fraction of sp³-hybridized carbons (Fsp3) is 0.174. The molecule has 0 aliphatic heterocycles. The van der Waals surface area contributed by atoms with E-state index >= 15 is 0 Å². The molecule has 0 aliphatic carbocycles. The van der Waals surface area contributed by atoms with Gasteiger partial charge >= 0.3 is 0 Å². The zero-order chi connectivity index (χ0) is 18.2. The van der Waals surface area contributed by atoms with E-state index in [1.807, 2.05) is 73.7 Å². The van der Waals surface area contributed by atoms with Crippen molar-refractivity contribution in [1.82, 2.24) is 5.32 Å². The first-order chi connectivity index (χ1) is 12.8. The van der Waals surface area contributed by atoms with Gasteiger partial charge in [-0.15, -0.1) is 0 Å². The van der Waals surface area contributed by atoms with Gasteiger partial charge in [0.2, 0.25) is 0 Å². The van der Waals surface area contributed by atoms with Gasteiger partial charge in [-0.25, -0.2) is 0 Å². The molecule has 3 aromatic carbocycles. The Morgan fingerprint density at radius 3 is 2.19 bits per heavy atom. The first kappa shape index (κ1) is 17.7. The maximum Gasteiger partial charge on any atom is 0.255 e. The summed E-state index contributed by atoms with van der Waals surface area (Å²) in [6.07, 6.45) is 0.730. The van der Waals surface area contributed by atoms with E-state index in [4.69, 9.17) is 4.74 Å². The Hall–Kier alpha value is -3.07. The zero-order valence-electron chi connectivity index (χ0n) is 14.9. The minimum atomic E-state index is -0.126. The lowest BCUT2D eigenvalue weighted by atomic mass is 9.98. The van der Waals surface area contributed by atoms with Crippen LogP contribution in [0.5, 0.6) is 5.75 Å². The van der Waals surface area contributed by atoms with Gasteiger partial charge < -0.3 is 10.1 Å². The molecule has 1 N–H and O–H groups in total. The summed E-state index contributed by atoms with van der Waals surface area (Å²) >= 11 is 0. The Labute approximate surface area is 154 Å². The number of nitrogens with one attached hydrogen (secondary N) is 1. The molecular weight excluding hydrogens is 322 g/mol. The fourth-order valence-electron chi connectivity index (χ4n) is 2.96. The molecule has 0 saturated heterocycles. The van der Waals surface area contributed by atoms with E-state index in [0.29, 0.717) is 17.9 Å². The van der Waals surface area contributed by atoms with Gasteiger partial charge in [0, 0.05) is 0 Å². The molecule has 26 heavy (non-hydrogen) atoms. The van der Waals surface area contributed by atoms with Crippen molar-refractivity contribution in [1.29, 1.82) is 0 Å². The van der Waals surface area contributed by atoms with Crippen molar-refractivity contribution in [2.24, 2.45) is 0 Å². The molecule has 1 unspecified atom stereocenters. The third-order valence-corrected chi connectivity index (χ3v) is 4.22. The number of benzene rings is 3. The second-order valence-corrected chi connectivity index (χ2v) is 6.06. The summed E-state index contributed by atoms with van der Waals surface area (Å²) in [6.45, 7) is 2.44. The molecule has 0 aromatic heterocycles. The molecule has 132 valence electrons. The van der Waals surface area contributed by atoms with E-state index in [-0.39, 0.29) is 11.9 Å². The van der Waals surface area contributed by atoms with Crippen LogP contribution in [0.25, 0.3) is 0 Å². The Balaban J connectivity index is 1.85. The van der Waals surface area contributed by atoms with Crippen molar-refractivity contribution in [3.8, 4) is 5.75 Å². The maximum atomic E-state index is 12.9. The Bertz CT molecular complexity index is 831. The van der Waals surface area contributed by atoms with E-state index in [1.54, 1.807) is 6.07 Å². The van der Waals surface area contributed by atoms with Crippen LogP contribution in [-0.4, -0.2) is 12.5 Å². The van der Waals surface area contributed by atoms with Crippen LogP contribution in [0.3, 0.4) is 0 Å². The highest BCUT2D eigenvalue weighted by atomic mass is 16.5. The predicted molar refractivity (Wildman–Crippen MR) is 104 cm³/mol. The molecule has 3 rings (SSSR count). The van der Waals surface area contributed by atoms with Gasteiger partial charge in [-0.1, -0.05) is 72.8 Å². The summed E-state index contributed by atoms with van der Waals surface area (Å²) in [5, 5.41) is 3.18. The molecule has 1 amide bonds. The second-order valence-electron chi connectivity index (χ2n) is 6.06. The molecule has 0 fully saturated rings. The zero-order valence-corrected chi connectivity index (χ0v) is 14.9. The van der Waals surface area contributed by atoms with Crippen LogP contribution >= 0.6 is 0 Å². The molecular formula is C23H23NO2. The monoisotopic (exact) mass is 345 g/mol. The highest BCUT2D eigenvalue weighted by Gasteiger charge is 2.18. The standard InChI is InChI=1S/C23H23NO2/c1-2-26-22-16-10-9-15-20(22)23(25)24-21(19-13-7-4-8-14-19)17-18-11-5-3-6-12-18/h3-16,21H,2,17H2,1H3,(H,24,25). The van der Waals surface area contributed by atoms with Crippen LogP contribution in [0.15, 0.2) is 84.9 Å². The number of hydrogen-bond acceptors (Lipinski definition) is 2. The minimum absolute atomic E-state index is 0.110. The van der Waals surface area contributed by atoms with Crippen molar-refractivity contribution in [3.05, 3.63) is 102 Å². The number of ether oxygens (including phenoxy) is 1. The fourth-order valence-corrected chi connectivity index (χ4v) is 2.96. The van der Waals surface area contributed by atoms with Gasteiger partial charge in [-0.05, 0) is 36.6 Å².